The summed E-state index contributed by atoms with van der Waals surface area (Å²) in [7, 11) is 0. The third kappa shape index (κ3) is 2.31. The first-order chi connectivity index (χ1) is 11.1. The Labute approximate surface area is 141 Å². The first-order valence-corrected chi connectivity index (χ1v) is 9.31. The largest absolute Gasteiger partial charge is 0.299 e. The number of ketones is 1. The van der Waals surface area contributed by atoms with E-state index in [0.717, 1.165) is 19.3 Å². The lowest BCUT2D eigenvalue weighted by Crippen LogP contribution is -2.19. The Morgan fingerprint density at radius 3 is 2.87 bits per heavy atom. The molecule has 23 heavy (non-hydrogen) atoms. The summed E-state index contributed by atoms with van der Waals surface area (Å²) in [6.45, 7) is 6.58. The van der Waals surface area contributed by atoms with Crippen LogP contribution in [-0.2, 0) is 11.2 Å². The van der Waals surface area contributed by atoms with Gasteiger partial charge in [-0.25, -0.2) is 0 Å². The minimum atomic E-state index is 0.155. The number of aryl methyl sites for hydroxylation is 2. The molecule has 1 fully saturated rings. The summed E-state index contributed by atoms with van der Waals surface area (Å²) in [4.78, 5) is 12.2. The number of hydrogen-bond acceptors (Lipinski definition) is 2. The van der Waals surface area contributed by atoms with Crippen molar-refractivity contribution >= 4 is 27.2 Å². The lowest BCUT2D eigenvalue weighted by Gasteiger charge is -2.23. The molecule has 2 heteroatoms. The molecule has 0 N–H and O–H groups in total. The number of carbonyl (C=O) groups is 1. The quantitative estimate of drug-likeness (QED) is 0.709. The maximum atomic E-state index is 12.2. The molecule has 1 aromatic heterocycles. The molecule has 4 rings (SSSR count). The van der Waals surface area contributed by atoms with E-state index >= 15 is 0 Å². The van der Waals surface area contributed by atoms with Crippen molar-refractivity contribution in [2.24, 2.45) is 11.8 Å². The molecule has 2 unspecified atom stereocenters. The highest BCUT2D eigenvalue weighted by Crippen LogP contribution is 2.41. The zero-order valence-electron chi connectivity index (χ0n) is 14.0. The van der Waals surface area contributed by atoms with E-state index in [0.29, 0.717) is 11.7 Å². The average Bonchev–Trinajstić information content (AvgIpc) is 3.11. The molecule has 2 atom stereocenters. The van der Waals surface area contributed by atoms with Crippen LogP contribution in [0.5, 0.6) is 0 Å². The third-order valence-electron chi connectivity index (χ3n) is 5.74. The van der Waals surface area contributed by atoms with Crippen LogP contribution in [0, 0.1) is 25.7 Å². The van der Waals surface area contributed by atoms with E-state index in [1.165, 1.54) is 37.9 Å². The Hall–Kier alpha value is -1.67. The first kappa shape index (κ1) is 14.9. The molecule has 2 aliphatic rings. The lowest BCUT2D eigenvalue weighted by molar-refractivity contribution is -0.120. The zero-order valence-corrected chi connectivity index (χ0v) is 14.8. The van der Waals surface area contributed by atoms with Gasteiger partial charge in [0.05, 0.1) is 0 Å². The van der Waals surface area contributed by atoms with Crippen LogP contribution in [0.15, 0.2) is 40.8 Å². The van der Waals surface area contributed by atoms with Gasteiger partial charge in [-0.3, -0.25) is 4.79 Å². The van der Waals surface area contributed by atoms with Crippen LogP contribution in [0.4, 0.5) is 0 Å². The molecule has 1 saturated carbocycles. The molecule has 118 valence electrons. The predicted octanol–water partition coefficient (Wildman–Crippen LogP) is 5.54. The lowest BCUT2D eigenvalue weighted by atomic mass is 9.80. The summed E-state index contributed by atoms with van der Waals surface area (Å²) in [5.41, 5.74) is 6.82. The van der Waals surface area contributed by atoms with Gasteiger partial charge in [0.15, 0.2) is 0 Å². The van der Waals surface area contributed by atoms with Gasteiger partial charge in [0.1, 0.15) is 5.78 Å². The Balaban J connectivity index is 1.75. The van der Waals surface area contributed by atoms with Gasteiger partial charge in [0, 0.05) is 17.0 Å². The van der Waals surface area contributed by atoms with Crippen LogP contribution in [-0.4, -0.2) is 5.78 Å². The van der Waals surface area contributed by atoms with Gasteiger partial charge < -0.3 is 0 Å². The third-order valence-corrected chi connectivity index (χ3v) is 6.74. The van der Waals surface area contributed by atoms with Crippen molar-refractivity contribution in [1.29, 1.82) is 0 Å². The second kappa shape index (κ2) is 5.45. The number of rotatable bonds is 2. The molecule has 1 heterocycles. The van der Waals surface area contributed by atoms with E-state index in [9.17, 15) is 4.79 Å². The van der Waals surface area contributed by atoms with Gasteiger partial charge >= 0.3 is 0 Å². The normalized spacial score (nSPS) is 23.9. The fourth-order valence-corrected chi connectivity index (χ4v) is 5.25. The Bertz CT molecular complexity index is 865. The van der Waals surface area contributed by atoms with Crippen LogP contribution in [0.25, 0.3) is 10.1 Å². The summed E-state index contributed by atoms with van der Waals surface area (Å²) in [6.07, 6.45) is 7.30. The molecular formula is C21H22OS. The summed E-state index contributed by atoms with van der Waals surface area (Å²) < 4.78 is 1.37. The van der Waals surface area contributed by atoms with Crippen LogP contribution >= 0.6 is 11.3 Å². The van der Waals surface area contributed by atoms with Crippen molar-refractivity contribution in [1.82, 2.24) is 0 Å². The van der Waals surface area contributed by atoms with E-state index in [4.69, 9.17) is 0 Å². The topological polar surface area (TPSA) is 17.1 Å². The van der Waals surface area contributed by atoms with Crippen molar-refractivity contribution in [3.63, 3.8) is 0 Å². The Kier molecular flexibility index (Phi) is 3.53. The highest BCUT2D eigenvalue weighted by Gasteiger charge is 2.36. The molecule has 0 bridgehead atoms. The Morgan fingerprint density at radius 2 is 2.04 bits per heavy atom. The fourth-order valence-electron chi connectivity index (χ4n) is 4.23. The predicted molar refractivity (Wildman–Crippen MR) is 98.1 cm³/mol. The summed E-state index contributed by atoms with van der Waals surface area (Å²) in [6, 6.07) is 4.45. The van der Waals surface area contributed by atoms with Crippen LogP contribution < -0.4 is 0 Å². The van der Waals surface area contributed by atoms with Gasteiger partial charge in [0.25, 0.3) is 0 Å². The monoisotopic (exact) mass is 322 g/mol. The first-order valence-electron chi connectivity index (χ1n) is 8.43. The average molecular weight is 322 g/mol. The van der Waals surface area contributed by atoms with Crippen LogP contribution in [0.1, 0.15) is 36.5 Å². The maximum Gasteiger partial charge on any atom is 0.140 e. The highest BCUT2D eigenvalue weighted by atomic mass is 32.1. The number of hydrogen-bond donors (Lipinski definition) is 0. The van der Waals surface area contributed by atoms with Gasteiger partial charge in [0.2, 0.25) is 0 Å². The molecule has 0 saturated heterocycles. The van der Waals surface area contributed by atoms with E-state index in [2.05, 4.69) is 50.4 Å². The number of benzene rings is 1. The number of fused-ring (bicyclic) bond motifs is 2. The molecule has 0 radical (unpaired) electrons. The molecule has 1 aromatic carbocycles. The van der Waals surface area contributed by atoms with E-state index in [1.54, 1.807) is 0 Å². The zero-order chi connectivity index (χ0) is 16.1. The molecule has 0 aliphatic heterocycles. The van der Waals surface area contributed by atoms with Crippen molar-refractivity contribution < 1.29 is 4.79 Å². The second-order valence-corrected chi connectivity index (χ2v) is 7.94. The van der Waals surface area contributed by atoms with Gasteiger partial charge in [-0.2, -0.15) is 0 Å². The fraction of sp³-hybridized carbons (Fsp3) is 0.381. The van der Waals surface area contributed by atoms with Crippen molar-refractivity contribution in [3.05, 3.63) is 57.5 Å². The van der Waals surface area contributed by atoms with E-state index in [1.807, 2.05) is 11.3 Å². The number of carbonyl (C=O) groups excluding carboxylic acids is 1. The summed E-state index contributed by atoms with van der Waals surface area (Å²) >= 11 is 1.83. The number of allylic oxidation sites excluding steroid dienone is 4. The minimum absolute atomic E-state index is 0.155. The standard InChI is InChI=1S/C21H22OS/c1-12-4-9-19-21(13(12)2)17(11-23-19)10-16-6-5-15-7-8-18(22)20(15)14(16)3/h4-6,9,11,15,20H,7-8,10H2,1-3H3. The van der Waals surface area contributed by atoms with Gasteiger partial charge in [-0.15, -0.1) is 11.3 Å². The van der Waals surface area contributed by atoms with Crippen molar-refractivity contribution in [3.8, 4) is 0 Å². The van der Waals surface area contributed by atoms with Crippen molar-refractivity contribution in [2.45, 2.75) is 40.0 Å². The molecule has 0 amide bonds. The molecule has 0 spiro atoms. The number of Topliss-reactive ketones (excluding diaryl/α,β-unsaturated/α-hetero) is 1. The van der Waals surface area contributed by atoms with Crippen LogP contribution in [0.3, 0.4) is 0 Å². The second-order valence-electron chi connectivity index (χ2n) is 7.03. The summed E-state index contributed by atoms with van der Waals surface area (Å²) in [5, 5.41) is 3.72. The van der Waals surface area contributed by atoms with Crippen molar-refractivity contribution in [2.75, 3.05) is 0 Å². The molecular weight excluding hydrogens is 300 g/mol. The van der Waals surface area contributed by atoms with Crippen LogP contribution in [0.2, 0.25) is 0 Å². The molecule has 2 aromatic rings. The molecule has 2 aliphatic carbocycles. The minimum Gasteiger partial charge on any atom is -0.299 e. The van der Waals surface area contributed by atoms with E-state index < -0.39 is 0 Å². The summed E-state index contributed by atoms with van der Waals surface area (Å²) in [5.74, 6) is 1.05. The SMILES string of the molecule is CC1=C(Cc2csc3ccc(C)c(C)c23)C=CC2CCC(=O)C12. The number of thiophene rings is 1. The van der Waals surface area contributed by atoms with Gasteiger partial charge in [-0.05, 0) is 78.6 Å². The van der Waals surface area contributed by atoms with Gasteiger partial charge in [-0.1, -0.05) is 23.8 Å². The Morgan fingerprint density at radius 1 is 1.22 bits per heavy atom. The maximum absolute atomic E-state index is 12.2. The molecule has 1 nitrogen and oxygen atoms in total. The highest BCUT2D eigenvalue weighted by molar-refractivity contribution is 7.17. The van der Waals surface area contributed by atoms with E-state index in [-0.39, 0.29) is 5.92 Å². The smallest absolute Gasteiger partial charge is 0.140 e.